The summed E-state index contributed by atoms with van der Waals surface area (Å²) in [5, 5.41) is 3.07. The predicted octanol–water partition coefficient (Wildman–Crippen LogP) is 0.368. The Balaban J connectivity index is 2.34. The molecule has 1 aliphatic heterocycles. The minimum atomic E-state index is -3.19. The van der Waals surface area contributed by atoms with E-state index in [2.05, 4.69) is 5.32 Å². The van der Waals surface area contributed by atoms with Gasteiger partial charge in [0.05, 0.1) is 16.7 Å². The molecule has 1 aromatic carbocycles. The van der Waals surface area contributed by atoms with Crippen molar-refractivity contribution < 1.29 is 13.2 Å². The van der Waals surface area contributed by atoms with Crippen LogP contribution in [0.15, 0.2) is 29.2 Å². The van der Waals surface area contributed by atoms with Crippen LogP contribution in [0.25, 0.3) is 0 Å². The van der Waals surface area contributed by atoms with Crippen molar-refractivity contribution in [3.63, 3.8) is 0 Å². The molecule has 0 saturated carbocycles. The lowest BCUT2D eigenvalue weighted by molar-refractivity contribution is -0.119. The Morgan fingerprint density at radius 3 is 2.78 bits per heavy atom. The third kappa shape index (κ3) is 2.39. The molecular weight excluding hydrogens is 252 g/mol. The van der Waals surface area contributed by atoms with E-state index in [0.29, 0.717) is 11.3 Å². The molecule has 2 atom stereocenters. The molecule has 1 aromatic rings. The Labute approximate surface area is 106 Å². The fraction of sp³-hybridized carbons (Fsp3) is 0.417. The quantitative estimate of drug-likeness (QED) is 0.828. The van der Waals surface area contributed by atoms with E-state index >= 15 is 0 Å². The maximum absolute atomic E-state index is 11.9. The van der Waals surface area contributed by atoms with Crippen LogP contribution in [0.4, 0.5) is 0 Å². The van der Waals surface area contributed by atoms with Crippen molar-refractivity contribution in [3.8, 4) is 0 Å². The summed E-state index contributed by atoms with van der Waals surface area (Å²) in [6.07, 6.45) is 0.455. The largest absolute Gasteiger partial charge is 0.368 e. The number of nitrogens with two attached hydrogens (primary N) is 1. The Bertz CT molecular complexity index is 568. The van der Waals surface area contributed by atoms with Gasteiger partial charge in [-0.1, -0.05) is 18.2 Å². The van der Waals surface area contributed by atoms with E-state index in [9.17, 15) is 13.2 Å². The Morgan fingerprint density at radius 2 is 2.11 bits per heavy atom. The maximum Gasteiger partial charge on any atom is 0.234 e. The Kier molecular flexibility index (Phi) is 3.41. The van der Waals surface area contributed by atoms with Crippen LogP contribution in [-0.4, -0.2) is 26.1 Å². The molecule has 0 bridgehead atoms. The normalized spacial score (nSPS) is 23.1. The Morgan fingerprint density at radius 1 is 1.44 bits per heavy atom. The molecule has 5 nitrogen and oxygen atoms in total. The molecule has 6 heteroatoms. The minimum Gasteiger partial charge on any atom is -0.368 e. The molecule has 0 aliphatic carbocycles. The van der Waals surface area contributed by atoms with Crippen LogP contribution >= 0.6 is 0 Å². The number of nitrogens with one attached hydrogen (secondary N) is 1. The second-order valence-electron chi connectivity index (χ2n) is 4.49. The van der Waals surface area contributed by atoms with Crippen molar-refractivity contribution in [3.05, 3.63) is 29.8 Å². The summed E-state index contributed by atoms with van der Waals surface area (Å²) in [5.74, 6) is -0.353. The number of primary amides is 1. The van der Waals surface area contributed by atoms with Gasteiger partial charge in [0.15, 0.2) is 9.84 Å². The van der Waals surface area contributed by atoms with E-state index in [4.69, 9.17) is 5.73 Å². The third-order valence-electron chi connectivity index (χ3n) is 3.18. The first-order chi connectivity index (χ1) is 8.42. The summed E-state index contributed by atoms with van der Waals surface area (Å²) >= 11 is 0. The van der Waals surface area contributed by atoms with Gasteiger partial charge >= 0.3 is 0 Å². The van der Waals surface area contributed by atoms with E-state index in [1.165, 1.54) is 0 Å². The molecule has 0 aromatic heterocycles. The smallest absolute Gasteiger partial charge is 0.234 e. The third-order valence-corrected chi connectivity index (χ3v) is 5.00. The molecule has 18 heavy (non-hydrogen) atoms. The van der Waals surface area contributed by atoms with E-state index in [0.717, 1.165) is 5.56 Å². The summed E-state index contributed by atoms with van der Waals surface area (Å²) in [7, 11) is -3.19. The molecule has 0 fully saturated rings. The zero-order valence-electron chi connectivity index (χ0n) is 10.1. The van der Waals surface area contributed by atoms with Gasteiger partial charge in [-0.15, -0.1) is 0 Å². The van der Waals surface area contributed by atoms with Crippen molar-refractivity contribution in [2.45, 2.75) is 30.3 Å². The predicted molar refractivity (Wildman–Crippen MR) is 67.6 cm³/mol. The number of hydrogen-bond donors (Lipinski definition) is 2. The molecule has 1 amide bonds. The lowest BCUT2D eigenvalue weighted by atomic mass is 10.0. The van der Waals surface area contributed by atoms with Gasteiger partial charge in [-0.2, -0.15) is 0 Å². The number of fused-ring (bicyclic) bond motifs is 1. The summed E-state index contributed by atoms with van der Waals surface area (Å²) in [6.45, 7) is 1.67. The van der Waals surface area contributed by atoms with Gasteiger partial charge in [0, 0.05) is 6.04 Å². The Hall–Kier alpha value is -1.40. The highest BCUT2D eigenvalue weighted by Gasteiger charge is 2.30. The molecule has 0 spiro atoms. The lowest BCUT2D eigenvalue weighted by Gasteiger charge is -2.28. The number of amides is 1. The van der Waals surface area contributed by atoms with Crippen LogP contribution in [0.5, 0.6) is 0 Å². The van der Waals surface area contributed by atoms with Crippen LogP contribution in [0, 0.1) is 0 Å². The lowest BCUT2D eigenvalue weighted by Crippen LogP contribution is -2.42. The fourth-order valence-electron chi connectivity index (χ4n) is 2.15. The second kappa shape index (κ2) is 4.70. The van der Waals surface area contributed by atoms with Crippen LogP contribution in [0.2, 0.25) is 0 Å². The molecule has 2 unspecified atom stereocenters. The minimum absolute atomic E-state index is 0.0904. The summed E-state index contributed by atoms with van der Waals surface area (Å²) < 4.78 is 23.8. The average molecular weight is 268 g/mol. The van der Waals surface area contributed by atoms with Crippen LogP contribution in [0.1, 0.15) is 24.9 Å². The number of rotatable bonds is 3. The molecule has 0 saturated heterocycles. The van der Waals surface area contributed by atoms with Gasteiger partial charge in [0.2, 0.25) is 5.91 Å². The molecule has 0 radical (unpaired) electrons. The SMILES string of the molecule is CC(NC1CCS(=O)(=O)c2ccccc21)C(N)=O. The van der Waals surface area contributed by atoms with Crippen molar-refractivity contribution in [2.24, 2.45) is 5.73 Å². The highest BCUT2D eigenvalue weighted by Crippen LogP contribution is 2.31. The first-order valence-electron chi connectivity index (χ1n) is 5.79. The first kappa shape index (κ1) is 13.0. The van der Waals surface area contributed by atoms with Crippen LogP contribution in [0.3, 0.4) is 0 Å². The molecule has 98 valence electrons. The first-order valence-corrected chi connectivity index (χ1v) is 7.44. The summed E-state index contributed by atoms with van der Waals surface area (Å²) in [5.41, 5.74) is 5.93. The highest BCUT2D eigenvalue weighted by atomic mass is 32.2. The van der Waals surface area contributed by atoms with E-state index in [-0.39, 0.29) is 11.8 Å². The molecule has 1 aliphatic rings. The van der Waals surface area contributed by atoms with Gasteiger partial charge in [0.25, 0.3) is 0 Å². The molecule has 2 rings (SSSR count). The number of hydrogen-bond acceptors (Lipinski definition) is 4. The van der Waals surface area contributed by atoms with Gasteiger partial charge in [-0.3, -0.25) is 10.1 Å². The van der Waals surface area contributed by atoms with Crippen molar-refractivity contribution in [1.82, 2.24) is 5.32 Å². The molecule has 1 heterocycles. The monoisotopic (exact) mass is 268 g/mol. The number of carbonyl (C=O) groups is 1. The van der Waals surface area contributed by atoms with Crippen LogP contribution in [-0.2, 0) is 14.6 Å². The van der Waals surface area contributed by atoms with Crippen molar-refractivity contribution in [1.29, 1.82) is 0 Å². The maximum atomic E-state index is 11.9. The molecular formula is C12H16N2O3S. The number of sulfone groups is 1. The van der Waals surface area contributed by atoms with Gasteiger partial charge in [-0.05, 0) is 25.0 Å². The van der Waals surface area contributed by atoms with E-state index < -0.39 is 21.8 Å². The van der Waals surface area contributed by atoms with Gasteiger partial charge in [0.1, 0.15) is 0 Å². The van der Waals surface area contributed by atoms with Crippen molar-refractivity contribution in [2.75, 3.05) is 5.75 Å². The van der Waals surface area contributed by atoms with Crippen molar-refractivity contribution >= 4 is 15.7 Å². The topological polar surface area (TPSA) is 89.3 Å². The van der Waals surface area contributed by atoms with E-state index in [1.54, 1.807) is 31.2 Å². The summed E-state index contributed by atoms with van der Waals surface area (Å²) in [6, 6.07) is 6.25. The highest BCUT2D eigenvalue weighted by molar-refractivity contribution is 7.91. The van der Waals surface area contributed by atoms with Gasteiger partial charge in [-0.25, -0.2) is 8.42 Å². The number of carbonyl (C=O) groups excluding carboxylic acids is 1. The number of benzene rings is 1. The summed E-state index contributed by atoms with van der Waals surface area (Å²) in [4.78, 5) is 11.4. The van der Waals surface area contributed by atoms with E-state index in [1.807, 2.05) is 0 Å². The van der Waals surface area contributed by atoms with Gasteiger partial charge < -0.3 is 5.73 Å². The van der Waals surface area contributed by atoms with Crippen LogP contribution < -0.4 is 11.1 Å². The standard InChI is InChI=1S/C12H16N2O3S/c1-8(12(13)15)14-10-6-7-18(16,17)11-5-3-2-4-9(10)11/h2-5,8,10,14H,6-7H2,1H3,(H2,13,15). The fourth-order valence-corrected chi connectivity index (χ4v) is 3.77. The zero-order chi connectivity index (χ0) is 13.3. The zero-order valence-corrected chi connectivity index (χ0v) is 10.9. The average Bonchev–Trinajstić information content (AvgIpc) is 2.33. The second-order valence-corrected chi connectivity index (χ2v) is 6.57. The molecule has 3 N–H and O–H groups in total.